The van der Waals surface area contributed by atoms with Crippen LogP contribution in [0.3, 0.4) is 0 Å². The molecule has 0 fully saturated rings. The van der Waals surface area contributed by atoms with E-state index >= 15 is 0 Å². The molecule has 2 rings (SSSR count). The van der Waals surface area contributed by atoms with Crippen LogP contribution in [0.1, 0.15) is 42.9 Å². The normalized spacial score (nSPS) is 16.9. The van der Waals surface area contributed by atoms with Gasteiger partial charge in [-0.3, -0.25) is 0 Å². The predicted octanol–water partition coefficient (Wildman–Crippen LogP) is 3.09. The van der Waals surface area contributed by atoms with Gasteiger partial charge in [0.25, 0.3) is 0 Å². The average molecular weight is 217 g/mol. The molecule has 0 amide bonds. The molecule has 0 spiro atoms. The molecule has 1 aliphatic rings. The van der Waals surface area contributed by atoms with Crippen molar-refractivity contribution in [2.24, 2.45) is 11.7 Å². The van der Waals surface area contributed by atoms with Gasteiger partial charge in [0.1, 0.15) is 0 Å². The van der Waals surface area contributed by atoms with Crippen LogP contribution < -0.4 is 5.73 Å². The van der Waals surface area contributed by atoms with Crippen LogP contribution in [-0.4, -0.2) is 6.54 Å². The maximum Gasteiger partial charge on any atom is -0.00514 e. The van der Waals surface area contributed by atoms with E-state index in [2.05, 4.69) is 25.1 Å². The molecule has 0 bridgehead atoms. The summed E-state index contributed by atoms with van der Waals surface area (Å²) in [4.78, 5) is 0. The second kappa shape index (κ2) is 5.49. The first-order valence-corrected chi connectivity index (χ1v) is 6.60. The molecule has 16 heavy (non-hydrogen) atoms. The van der Waals surface area contributed by atoms with E-state index in [0.717, 1.165) is 6.54 Å². The number of rotatable bonds is 4. The molecule has 1 nitrogen and oxygen atoms in total. The van der Waals surface area contributed by atoms with Crippen LogP contribution in [0.5, 0.6) is 0 Å². The molecule has 88 valence electrons. The highest BCUT2D eigenvalue weighted by Gasteiger charge is 2.09. The van der Waals surface area contributed by atoms with Crippen molar-refractivity contribution in [3.05, 3.63) is 34.9 Å². The van der Waals surface area contributed by atoms with E-state index in [0.29, 0.717) is 5.92 Å². The zero-order valence-electron chi connectivity index (χ0n) is 10.3. The number of hydrogen-bond acceptors (Lipinski definition) is 1. The molecule has 0 radical (unpaired) electrons. The van der Waals surface area contributed by atoms with E-state index in [1.807, 2.05) is 0 Å². The van der Waals surface area contributed by atoms with E-state index in [1.54, 1.807) is 11.1 Å². The van der Waals surface area contributed by atoms with Crippen molar-refractivity contribution in [3.63, 3.8) is 0 Å². The second-order valence-electron chi connectivity index (χ2n) is 5.19. The lowest BCUT2D eigenvalue weighted by atomic mass is 9.89. The van der Waals surface area contributed by atoms with Gasteiger partial charge in [-0.1, -0.05) is 25.1 Å². The van der Waals surface area contributed by atoms with Crippen LogP contribution in [0.4, 0.5) is 0 Å². The van der Waals surface area contributed by atoms with Gasteiger partial charge in [0.2, 0.25) is 0 Å². The molecule has 0 aliphatic heterocycles. The van der Waals surface area contributed by atoms with E-state index in [-0.39, 0.29) is 0 Å². The molecule has 1 aromatic carbocycles. The van der Waals surface area contributed by atoms with Gasteiger partial charge in [-0.05, 0) is 67.7 Å². The Morgan fingerprint density at radius 1 is 1.19 bits per heavy atom. The summed E-state index contributed by atoms with van der Waals surface area (Å²) in [5.74, 6) is 0.649. The molecule has 0 saturated heterocycles. The maximum atomic E-state index is 5.65. The third-order valence-corrected chi connectivity index (χ3v) is 3.74. The van der Waals surface area contributed by atoms with Crippen LogP contribution in [0.25, 0.3) is 0 Å². The molecule has 2 N–H and O–H groups in total. The molecular weight excluding hydrogens is 194 g/mol. The summed E-state index contributed by atoms with van der Waals surface area (Å²) in [5.41, 5.74) is 10.3. The van der Waals surface area contributed by atoms with Crippen molar-refractivity contribution in [3.8, 4) is 0 Å². The first kappa shape index (κ1) is 11.7. The van der Waals surface area contributed by atoms with Crippen molar-refractivity contribution in [1.29, 1.82) is 0 Å². The standard InChI is InChI=1S/C15H23N/c1-12(11-16)6-7-13-8-9-14-4-2-3-5-15(14)10-13/h8-10,12H,2-7,11,16H2,1H3. The van der Waals surface area contributed by atoms with Crippen molar-refractivity contribution in [1.82, 2.24) is 0 Å². The van der Waals surface area contributed by atoms with E-state index in [4.69, 9.17) is 5.73 Å². The Balaban J connectivity index is 2.00. The Morgan fingerprint density at radius 2 is 1.94 bits per heavy atom. The van der Waals surface area contributed by atoms with E-state index in [9.17, 15) is 0 Å². The Morgan fingerprint density at radius 3 is 2.69 bits per heavy atom. The van der Waals surface area contributed by atoms with Gasteiger partial charge in [-0.2, -0.15) is 0 Å². The first-order valence-electron chi connectivity index (χ1n) is 6.60. The highest BCUT2D eigenvalue weighted by Crippen LogP contribution is 2.23. The molecule has 0 heterocycles. The summed E-state index contributed by atoms with van der Waals surface area (Å²) in [7, 11) is 0. The quantitative estimate of drug-likeness (QED) is 0.824. The molecule has 1 atom stereocenters. The lowest BCUT2D eigenvalue weighted by molar-refractivity contribution is 0.544. The minimum Gasteiger partial charge on any atom is -0.330 e. The average Bonchev–Trinajstić information content (AvgIpc) is 2.35. The summed E-state index contributed by atoms with van der Waals surface area (Å²) in [5, 5.41) is 0. The third-order valence-electron chi connectivity index (χ3n) is 3.74. The van der Waals surface area contributed by atoms with Crippen LogP contribution in [0, 0.1) is 5.92 Å². The largest absolute Gasteiger partial charge is 0.330 e. The highest BCUT2D eigenvalue weighted by atomic mass is 14.5. The van der Waals surface area contributed by atoms with Gasteiger partial charge < -0.3 is 5.73 Å². The van der Waals surface area contributed by atoms with Gasteiger partial charge in [-0.15, -0.1) is 0 Å². The molecule has 1 aliphatic carbocycles. The van der Waals surface area contributed by atoms with E-state index < -0.39 is 0 Å². The lowest BCUT2D eigenvalue weighted by Gasteiger charge is -2.17. The van der Waals surface area contributed by atoms with Crippen LogP contribution >= 0.6 is 0 Å². The minimum atomic E-state index is 0.649. The Hall–Kier alpha value is -0.820. The van der Waals surface area contributed by atoms with Crippen LogP contribution in [0.15, 0.2) is 18.2 Å². The second-order valence-corrected chi connectivity index (χ2v) is 5.19. The number of benzene rings is 1. The molecule has 1 heteroatoms. The van der Waals surface area contributed by atoms with Gasteiger partial charge in [0.15, 0.2) is 0 Å². The van der Waals surface area contributed by atoms with Gasteiger partial charge in [-0.25, -0.2) is 0 Å². The van der Waals surface area contributed by atoms with Crippen molar-refractivity contribution >= 4 is 0 Å². The lowest BCUT2D eigenvalue weighted by Crippen LogP contribution is -2.11. The topological polar surface area (TPSA) is 26.0 Å². The Kier molecular flexibility index (Phi) is 4.00. The van der Waals surface area contributed by atoms with Crippen molar-refractivity contribution < 1.29 is 0 Å². The third kappa shape index (κ3) is 2.85. The zero-order chi connectivity index (χ0) is 11.4. The zero-order valence-corrected chi connectivity index (χ0v) is 10.3. The monoisotopic (exact) mass is 217 g/mol. The molecule has 0 aromatic heterocycles. The maximum absolute atomic E-state index is 5.65. The Bertz CT molecular complexity index is 343. The molecule has 1 unspecified atom stereocenters. The SMILES string of the molecule is CC(CN)CCc1ccc2c(c1)CCCC2. The number of aryl methyl sites for hydroxylation is 3. The number of nitrogens with two attached hydrogens (primary N) is 1. The minimum absolute atomic E-state index is 0.649. The fraction of sp³-hybridized carbons (Fsp3) is 0.600. The number of fused-ring (bicyclic) bond motifs is 1. The highest BCUT2D eigenvalue weighted by molar-refractivity contribution is 5.33. The summed E-state index contributed by atoms with van der Waals surface area (Å²) in [6.07, 6.45) is 7.72. The summed E-state index contributed by atoms with van der Waals surface area (Å²) in [6, 6.07) is 7.09. The molecular formula is C15H23N. The first-order chi connectivity index (χ1) is 7.79. The Labute approximate surface area is 99.0 Å². The van der Waals surface area contributed by atoms with Crippen molar-refractivity contribution in [2.45, 2.75) is 45.4 Å². The fourth-order valence-corrected chi connectivity index (χ4v) is 2.47. The van der Waals surface area contributed by atoms with Crippen LogP contribution in [-0.2, 0) is 19.3 Å². The molecule has 1 aromatic rings. The predicted molar refractivity (Wildman–Crippen MR) is 69.6 cm³/mol. The number of hydrogen-bond donors (Lipinski definition) is 1. The summed E-state index contributed by atoms with van der Waals surface area (Å²) >= 11 is 0. The van der Waals surface area contributed by atoms with E-state index in [1.165, 1.54) is 44.1 Å². The van der Waals surface area contributed by atoms with Crippen molar-refractivity contribution in [2.75, 3.05) is 6.54 Å². The van der Waals surface area contributed by atoms with Gasteiger partial charge >= 0.3 is 0 Å². The van der Waals surface area contributed by atoms with Gasteiger partial charge in [0, 0.05) is 0 Å². The van der Waals surface area contributed by atoms with Gasteiger partial charge in [0.05, 0.1) is 0 Å². The summed E-state index contributed by atoms with van der Waals surface area (Å²) < 4.78 is 0. The fourth-order valence-electron chi connectivity index (χ4n) is 2.47. The summed E-state index contributed by atoms with van der Waals surface area (Å²) in [6.45, 7) is 3.04. The smallest absolute Gasteiger partial charge is 0.00514 e. The van der Waals surface area contributed by atoms with Crippen LogP contribution in [0.2, 0.25) is 0 Å². The molecule has 0 saturated carbocycles.